The van der Waals surface area contributed by atoms with Crippen molar-refractivity contribution in [3.05, 3.63) is 68.8 Å². The highest BCUT2D eigenvalue weighted by Gasteiger charge is 2.21. The fraction of sp³-hybridized carbons (Fsp3) is 0.364. The molecule has 0 spiro atoms. The Labute approximate surface area is 168 Å². The number of hydrogen-bond acceptors (Lipinski definition) is 4. The third-order valence-corrected chi connectivity index (χ3v) is 6.41. The highest BCUT2D eigenvalue weighted by atomic mass is 32.1. The molecule has 0 radical (unpaired) electrons. The van der Waals surface area contributed by atoms with Crippen molar-refractivity contribution in [1.82, 2.24) is 14.4 Å². The second-order valence-electron chi connectivity index (χ2n) is 7.34. The maximum Gasteiger partial charge on any atom is 0.307 e. The number of carbonyl (C=O) groups excluding carboxylic acids is 1. The summed E-state index contributed by atoms with van der Waals surface area (Å²) in [7, 11) is 0. The molecular formula is C22H25N3O2S. The molecule has 4 rings (SSSR count). The normalized spacial score (nSPS) is 15.2. The molecule has 0 unspecified atom stereocenters. The van der Waals surface area contributed by atoms with E-state index in [-0.39, 0.29) is 10.8 Å². The lowest BCUT2D eigenvalue weighted by Gasteiger charge is -2.35. The molecule has 0 bridgehead atoms. The van der Waals surface area contributed by atoms with Gasteiger partial charge in [-0.2, -0.15) is 0 Å². The van der Waals surface area contributed by atoms with E-state index in [0.29, 0.717) is 13.0 Å². The molecule has 2 aromatic carbocycles. The first kappa shape index (κ1) is 18.9. The number of hydrogen-bond donors (Lipinski definition) is 0. The van der Waals surface area contributed by atoms with Gasteiger partial charge in [0.05, 0.1) is 0 Å². The monoisotopic (exact) mass is 395 g/mol. The Hall–Kier alpha value is -2.44. The molecule has 0 saturated carbocycles. The largest absolute Gasteiger partial charge is 0.340 e. The van der Waals surface area contributed by atoms with E-state index < -0.39 is 0 Å². The molecule has 0 aliphatic carbocycles. The fourth-order valence-corrected chi connectivity index (χ4v) is 4.63. The van der Waals surface area contributed by atoms with Gasteiger partial charge in [0, 0.05) is 56.8 Å². The van der Waals surface area contributed by atoms with E-state index >= 15 is 0 Å². The molecule has 0 N–H and O–H groups in total. The number of carbonyl (C=O) groups is 1. The molecule has 6 heteroatoms. The number of thiazole rings is 1. The summed E-state index contributed by atoms with van der Waals surface area (Å²) in [6, 6.07) is 14.9. The molecule has 1 fully saturated rings. The quantitative estimate of drug-likeness (QED) is 0.667. The van der Waals surface area contributed by atoms with Crippen LogP contribution in [0.1, 0.15) is 17.7 Å². The Kier molecular flexibility index (Phi) is 5.59. The summed E-state index contributed by atoms with van der Waals surface area (Å²) in [4.78, 5) is 28.7. The number of amides is 1. The van der Waals surface area contributed by atoms with Crippen LogP contribution in [0.2, 0.25) is 0 Å². The molecular weight excluding hydrogens is 370 g/mol. The lowest BCUT2D eigenvalue weighted by atomic mass is 10.0. The van der Waals surface area contributed by atoms with Gasteiger partial charge in [-0.25, -0.2) is 0 Å². The summed E-state index contributed by atoms with van der Waals surface area (Å²) in [5.41, 5.74) is 2.27. The zero-order valence-corrected chi connectivity index (χ0v) is 17.0. The highest BCUT2D eigenvalue weighted by molar-refractivity contribution is 7.07. The average molecular weight is 396 g/mol. The minimum absolute atomic E-state index is 0.0187. The number of nitrogens with zero attached hydrogens (tertiary/aromatic N) is 3. The van der Waals surface area contributed by atoms with Gasteiger partial charge in [0.1, 0.15) is 0 Å². The van der Waals surface area contributed by atoms with Crippen LogP contribution < -0.4 is 4.87 Å². The van der Waals surface area contributed by atoms with Crippen molar-refractivity contribution in [2.75, 3.05) is 26.2 Å². The maximum atomic E-state index is 12.6. The van der Waals surface area contributed by atoms with E-state index in [2.05, 4.69) is 47.4 Å². The van der Waals surface area contributed by atoms with Crippen molar-refractivity contribution in [2.45, 2.75) is 26.4 Å². The van der Waals surface area contributed by atoms with Gasteiger partial charge in [-0.05, 0) is 23.3 Å². The summed E-state index contributed by atoms with van der Waals surface area (Å²) < 4.78 is 1.69. The van der Waals surface area contributed by atoms with Crippen LogP contribution >= 0.6 is 11.3 Å². The van der Waals surface area contributed by atoms with Crippen LogP contribution in [0.5, 0.6) is 0 Å². The van der Waals surface area contributed by atoms with Crippen molar-refractivity contribution < 1.29 is 4.79 Å². The van der Waals surface area contributed by atoms with E-state index in [1.807, 2.05) is 17.2 Å². The van der Waals surface area contributed by atoms with E-state index in [0.717, 1.165) is 38.4 Å². The highest BCUT2D eigenvalue weighted by Crippen LogP contribution is 2.20. The van der Waals surface area contributed by atoms with Crippen LogP contribution in [0.4, 0.5) is 0 Å². The number of rotatable bonds is 5. The first-order valence-corrected chi connectivity index (χ1v) is 10.6. The molecule has 146 valence electrons. The van der Waals surface area contributed by atoms with Gasteiger partial charge in [-0.3, -0.25) is 14.5 Å². The summed E-state index contributed by atoms with van der Waals surface area (Å²) in [6.45, 7) is 6.56. The van der Waals surface area contributed by atoms with Crippen molar-refractivity contribution in [1.29, 1.82) is 0 Å². The summed E-state index contributed by atoms with van der Waals surface area (Å²) in [5.74, 6) is 0.141. The maximum absolute atomic E-state index is 12.6. The number of piperazine rings is 1. The fourth-order valence-electron chi connectivity index (χ4n) is 3.87. The van der Waals surface area contributed by atoms with Crippen LogP contribution in [0.15, 0.2) is 52.6 Å². The number of benzene rings is 2. The number of aryl methyl sites for hydroxylation is 1. The Morgan fingerprint density at radius 3 is 2.54 bits per heavy atom. The molecule has 1 aliphatic heterocycles. The summed E-state index contributed by atoms with van der Waals surface area (Å²) in [6.07, 6.45) is 0.390. The number of fused-ring (bicyclic) bond motifs is 1. The zero-order valence-electron chi connectivity index (χ0n) is 16.1. The molecule has 28 heavy (non-hydrogen) atoms. The Morgan fingerprint density at radius 1 is 1.04 bits per heavy atom. The van der Waals surface area contributed by atoms with Crippen LogP contribution in [0, 0.1) is 6.92 Å². The Morgan fingerprint density at radius 2 is 1.79 bits per heavy atom. The molecule has 0 atom stereocenters. The molecule has 2 heterocycles. The van der Waals surface area contributed by atoms with Crippen LogP contribution in [-0.2, 0) is 17.9 Å². The van der Waals surface area contributed by atoms with Gasteiger partial charge < -0.3 is 9.47 Å². The van der Waals surface area contributed by atoms with E-state index in [1.54, 1.807) is 4.57 Å². The molecule has 1 aromatic heterocycles. The predicted molar refractivity (Wildman–Crippen MR) is 114 cm³/mol. The summed E-state index contributed by atoms with van der Waals surface area (Å²) in [5, 5.41) is 4.42. The third-order valence-electron chi connectivity index (χ3n) is 5.52. The molecule has 1 amide bonds. The zero-order chi connectivity index (χ0) is 19.5. The predicted octanol–water partition coefficient (Wildman–Crippen LogP) is 3.11. The van der Waals surface area contributed by atoms with Crippen molar-refractivity contribution in [2.24, 2.45) is 0 Å². The number of aromatic nitrogens is 1. The second kappa shape index (κ2) is 8.29. The van der Waals surface area contributed by atoms with Gasteiger partial charge in [-0.1, -0.05) is 53.8 Å². The van der Waals surface area contributed by atoms with Gasteiger partial charge in [0.2, 0.25) is 5.91 Å². The van der Waals surface area contributed by atoms with E-state index in [9.17, 15) is 9.59 Å². The average Bonchev–Trinajstić information content (AvgIpc) is 3.04. The lowest BCUT2D eigenvalue weighted by molar-refractivity contribution is -0.133. The minimum Gasteiger partial charge on any atom is -0.340 e. The van der Waals surface area contributed by atoms with Gasteiger partial charge in [0.25, 0.3) is 0 Å². The van der Waals surface area contributed by atoms with Crippen molar-refractivity contribution in [3.63, 3.8) is 0 Å². The molecule has 1 saturated heterocycles. The SMILES string of the molecule is Cc1csc(=O)n1CCC(=O)N1CCN(Cc2cccc3ccccc23)CC1. The van der Waals surface area contributed by atoms with Gasteiger partial charge >= 0.3 is 4.87 Å². The second-order valence-corrected chi connectivity index (χ2v) is 8.16. The standard InChI is InChI=1S/C22H25N3O2S/c1-17-16-28-22(27)25(17)10-9-21(26)24-13-11-23(12-14-24)15-19-7-4-6-18-5-2-3-8-20(18)19/h2-8,16H,9-15H2,1H3. The van der Waals surface area contributed by atoms with Crippen LogP contribution in [0.25, 0.3) is 10.8 Å². The molecule has 3 aromatic rings. The van der Waals surface area contributed by atoms with E-state index in [1.165, 1.54) is 27.7 Å². The summed E-state index contributed by atoms with van der Waals surface area (Å²) >= 11 is 1.20. The van der Waals surface area contributed by atoms with Crippen LogP contribution in [0.3, 0.4) is 0 Å². The first-order valence-electron chi connectivity index (χ1n) is 9.73. The lowest BCUT2D eigenvalue weighted by Crippen LogP contribution is -2.48. The van der Waals surface area contributed by atoms with Crippen molar-refractivity contribution in [3.8, 4) is 0 Å². The van der Waals surface area contributed by atoms with E-state index in [4.69, 9.17) is 0 Å². The smallest absolute Gasteiger partial charge is 0.307 e. The van der Waals surface area contributed by atoms with Gasteiger partial charge in [-0.15, -0.1) is 0 Å². The first-order chi connectivity index (χ1) is 13.6. The molecule has 1 aliphatic rings. The third kappa shape index (κ3) is 4.03. The Balaban J connectivity index is 1.32. The molecule has 5 nitrogen and oxygen atoms in total. The topological polar surface area (TPSA) is 45.6 Å². The van der Waals surface area contributed by atoms with Gasteiger partial charge in [0.15, 0.2) is 0 Å². The van der Waals surface area contributed by atoms with Crippen LogP contribution in [-0.4, -0.2) is 46.5 Å². The minimum atomic E-state index is 0.0187. The van der Waals surface area contributed by atoms with Crippen molar-refractivity contribution >= 4 is 28.0 Å². The Bertz CT molecular complexity index is 1030.